The topological polar surface area (TPSA) is 86.3 Å². The Morgan fingerprint density at radius 3 is 1.58 bits per heavy atom. The summed E-state index contributed by atoms with van der Waals surface area (Å²) in [6, 6.07) is 19.1. The molecule has 0 aromatic heterocycles. The summed E-state index contributed by atoms with van der Waals surface area (Å²) in [4.78, 5) is 13.2. The molecule has 2 N–H and O–H groups in total. The van der Waals surface area contributed by atoms with Gasteiger partial charge in [-0.25, -0.2) is 0 Å². The summed E-state index contributed by atoms with van der Waals surface area (Å²) in [6.07, 6.45) is 14.3. The number of rotatable bonds is 24. The number of ether oxygens (including phenoxy) is 4. The smallest absolute Gasteiger partial charge is 0.297 e. The maximum Gasteiger partial charge on any atom is 0.297 e. The summed E-state index contributed by atoms with van der Waals surface area (Å²) >= 11 is 0. The summed E-state index contributed by atoms with van der Waals surface area (Å²) in [5, 5.41) is 14.3. The van der Waals surface area contributed by atoms with E-state index in [1.54, 1.807) is 13.0 Å². The van der Waals surface area contributed by atoms with E-state index >= 15 is 0 Å². The molecule has 1 aliphatic heterocycles. The van der Waals surface area contributed by atoms with Crippen molar-refractivity contribution >= 4 is 5.91 Å². The number of hydrogen-bond acceptors (Lipinski definition) is 6. The third-order valence-corrected chi connectivity index (χ3v) is 11.0. The summed E-state index contributed by atoms with van der Waals surface area (Å²) in [5.41, 5.74) is 2.09. The molecule has 2 aromatic carbocycles. The molecule has 2 aromatic rings. The van der Waals surface area contributed by atoms with Crippen LogP contribution in [0.5, 0.6) is 0 Å². The summed E-state index contributed by atoms with van der Waals surface area (Å²) in [5.74, 6) is 60.4. The first-order valence-electron chi connectivity index (χ1n) is 24.5. The standard InChI is InChI=1S/C65H63NO6.24H2/c1-5-7-9-11-13-15-17-19-20-21-22-23-24-25-26-27-28-29-31-33-35-37-45-51-63(68)66-60(61(67)50-44-36-34-32-30-18-16-14-12-10-8-6-2)54-71-65-64(70-53-59-48-42-39-43-49-59)57(4)56(3)62(72-65)55-69-52-58-46-40-38-41-47-58;;;;;;;;;;;;;;;;;;;;;;;;/h38-44,46-50,56-57,60-62,64-65,67H,6,8,10,12,14,16,18,30,32,34,36,52-55H2,1-4H3,(H,66,68);24*1H/b50-44+;;;;;;;;;;;;;;;;;;;;;;;;/t56-,57+,60+,61-,62?,64?,65+;;;;;;;;;;;;;;;;;;;;;;;;/m1......................../s1. The molecule has 72 heavy (non-hydrogen) atoms. The molecule has 3 rings (SSSR count). The zero-order valence-corrected chi connectivity index (χ0v) is 42.1. The lowest BCUT2D eigenvalue weighted by atomic mass is 9.83. The van der Waals surface area contributed by atoms with Crippen molar-refractivity contribution in [3.8, 4) is 142 Å². The number of unbranched alkanes of at least 4 members (excludes halogenated alkanes) is 10. The fourth-order valence-electron chi connectivity index (χ4n) is 6.97. The highest BCUT2D eigenvalue weighted by atomic mass is 16.7. The average molecular weight is 1000 g/mol. The predicted octanol–water partition coefficient (Wildman–Crippen LogP) is 14.5. The molecule has 1 aliphatic rings. The van der Waals surface area contributed by atoms with Crippen molar-refractivity contribution in [3.63, 3.8) is 0 Å². The molecule has 7 atom stereocenters. The first kappa shape index (κ1) is 58.5. The van der Waals surface area contributed by atoms with Crippen molar-refractivity contribution in [2.45, 2.75) is 142 Å². The summed E-state index contributed by atoms with van der Waals surface area (Å²) in [7, 11) is 0. The monoisotopic (exact) mass is 1000 g/mol. The van der Waals surface area contributed by atoms with Crippen LogP contribution in [-0.4, -0.2) is 54.9 Å². The summed E-state index contributed by atoms with van der Waals surface area (Å²) < 4.78 is 25.8. The van der Waals surface area contributed by atoms with Crippen LogP contribution >= 0.6 is 0 Å². The zero-order valence-electron chi connectivity index (χ0n) is 42.1. The van der Waals surface area contributed by atoms with Crippen LogP contribution in [0.1, 0.15) is 144 Å². The third kappa shape index (κ3) is 28.0. The van der Waals surface area contributed by atoms with Gasteiger partial charge < -0.3 is 29.4 Å². The second-order valence-electron chi connectivity index (χ2n) is 16.5. The minimum Gasteiger partial charge on any atom is -0.387 e. The van der Waals surface area contributed by atoms with Crippen molar-refractivity contribution in [1.29, 1.82) is 0 Å². The molecule has 0 aliphatic carbocycles. The lowest BCUT2D eigenvalue weighted by molar-refractivity contribution is -0.291. The molecule has 2 unspecified atom stereocenters. The van der Waals surface area contributed by atoms with Gasteiger partial charge in [0.1, 0.15) is 6.10 Å². The Morgan fingerprint density at radius 1 is 0.625 bits per heavy atom. The Labute approximate surface area is 467 Å². The van der Waals surface area contributed by atoms with Crippen molar-refractivity contribution in [3.05, 3.63) is 83.9 Å². The van der Waals surface area contributed by atoms with Gasteiger partial charge in [-0.05, 0) is 137 Å². The van der Waals surface area contributed by atoms with E-state index in [4.69, 9.17) is 18.9 Å². The van der Waals surface area contributed by atoms with E-state index in [1.807, 2.05) is 66.7 Å². The first-order chi connectivity index (χ1) is 35.4. The molecule has 7 nitrogen and oxygen atoms in total. The van der Waals surface area contributed by atoms with Crippen LogP contribution in [0.3, 0.4) is 0 Å². The van der Waals surface area contributed by atoms with Crippen molar-refractivity contribution < 1.29 is 63.1 Å². The molecule has 0 spiro atoms. The van der Waals surface area contributed by atoms with E-state index in [0.29, 0.717) is 19.8 Å². The van der Waals surface area contributed by atoms with Gasteiger partial charge in [0, 0.05) is 75.7 Å². The molecule has 7 heteroatoms. The number of benzene rings is 2. The quantitative estimate of drug-likeness (QED) is 0.0619. The number of hydrogen-bond donors (Lipinski definition) is 2. The first-order valence-corrected chi connectivity index (χ1v) is 24.5. The van der Waals surface area contributed by atoms with E-state index in [1.165, 1.54) is 51.4 Å². The van der Waals surface area contributed by atoms with Crippen LogP contribution in [0.15, 0.2) is 72.8 Å². The highest BCUT2D eigenvalue weighted by Gasteiger charge is 2.43. The molecular formula is C65H111NO6. The normalized spacial score (nSPS) is 16.3. The minimum atomic E-state index is -1.08. The van der Waals surface area contributed by atoms with Crippen LogP contribution < -0.4 is 5.32 Å². The van der Waals surface area contributed by atoms with Crippen molar-refractivity contribution in [1.82, 2.24) is 5.32 Å². The minimum absolute atomic E-state index is 0. The molecule has 0 saturated carbocycles. The SMILES string of the molecule is CC#CC#CC#CC#CC#CC#CC#CC#CC#CC#CC#CC#CC(=O)N[C@@H](CO[C@H]1OC(COCc2ccccc2)[C@H](C)[C@H](C)C1OCc1ccccc1)[C@H](O)/C=C/CCCCCCCCCCCC.[HH].[HH].[HH].[HH].[HH].[HH].[HH].[HH].[HH].[HH].[HH].[HH].[HH].[HH].[HH].[HH].[HH].[HH].[HH].[HH].[HH].[HH].[HH].[HH]. The molecule has 0 bridgehead atoms. The van der Waals surface area contributed by atoms with Crippen LogP contribution in [0.25, 0.3) is 0 Å². The van der Waals surface area contributed by atoms with Gasteiger partial charge in [0.05, 0.1) is 44.7 Å². The fourth-order valence-corrected chi connectivity index (χ4v) is 6.97. The van der Waals surface area contributed by atoms with Gasteiger partial charge in [0.15, 0.2) is 6.29 Å². The number of allylic oxidation sites excluding steroid dienone is 1. The maximum atomic E-state index is 13.2. The number of amides is 1. The van der Waals surface area contributed by atoms with Gasteiger partial charge in [-0.1, -0.05) is 157 Å². The van der Waals surface area contributed by atoms with E-state index in [-0.39, 0.29) is 58.8 Å². The van der Waals surface area contributed by atoms with Crippen molar-refractivity contribution in [2.75, 3.05) is 13.2 Å². The molecular weight excluding hydrogens is 891 g/mol. The lowest BCUT2D eigenvalue weighted by Crippen LogP contribution is -2.54. The zero-order chi connectivity index (χ0) is 51.4. The molecule has 0 radical (unpaired) electrons. The Hall–Kier alpha value is -7.83. The second-order valence-corrected chi connectivity index (χ2v) is 16.5. The van der Waals surface area contributed by atoms with Gasteiger partial charge in [-0.2, -0.15) is 0 Å². The summed E-state index contributed by atoms with van der Waals surface area (Å²) in [6.45, 7) is 9.27. The molecule has 1 fully saturated rings. The van der Waals surface area contributed by atoms with Crippen LogP contribution in [-0.2, 0) is 37.0 Å². The number of carbonyl (C=O) groups is 1. The van der Waals surface area contributed by atoms with E-state index < -0.39 is 30.4 Å². The fraction of sp³-hybridized carbons (Fsp3) is 0.400. The molecule has 1 heterocycles. The van der Waals surface area contributed by atoms with Crippen LogP contribution in [0.2, 0.25) is 0 Å². The van der Waals surface area contributed by atoms with Crippen LogP contribution in [0, 0.1) is 154 Å². The third-order valence-electron chi connectivity index (χ3n) is 11.0. The highest BCUT2D eigenvalue weighted by molar-refractivity contribution is 5.94. The highest BCUT2D eigenvalue weighted by Crippen LogP contribution is 2.34. The largest absolute Gasteiger partial charge is 0.387 e. The maximum absolute atomic E-state index is 13.2. The molecule has 1 saturated heterocycles. The lowest BCUT2D eigenvalue weighted by Gasteiger charge is -2.44. The number of aliphatic hydroxyl groups is 1. The van der Waals surface area contributed by atoms with E-state index in [9.17, 15) is 9.90 Å². The second kappa shape index (κ2) is 40.0. The van der Waals surface area contributed by atoms with Gasteiger partial charge >= 0.3 is 0 Å². The van der Waals surface area contributed by atoms with Gasteiger partial charge in [0.25, 0.3) is 5.91 Å². The van der Waals surface area contributed by atoms with Crippen molar-refractivity contribution in [2.24, 2.45) is 11.8 Å². The molecule has 412 valence electrons. The average Bonchev–Trinajstić information content (AvgIpc) is 3.39. The Balaban J connectivity index is -0.000000114. The van der Waals surface area contributed by atoms with E-state index in [0.717, 1.165) is 30.4 Å². The number of nitrogens with one attached hydrogen (secondary N) is 1. The van der Waals surface area contributed by atoms with E-state index in [2.05, 4.69) is 168 Å². The number of aliphatic hydroxyl groups excluding tert-OH is 1. The number of carbonyl (C=O) groups excluding carboxylic acids is 1. The Morgan fingerprint density at radius 2 is 1.08 bits per heavy atom. The van der Waals surface area contributed by atoms with Gasteiger partial charge in [0.2, 0.25) is 0 Å². The van der Waals surface area contributed by atoms with Crippen LogP contribution in [0.4, 0.5) is 0 Å². The van der Waals surface area contributed by atoms with Gasteiger partial charge in [-0.3, -0.25) is 4.79 Å². The molecule has 1 amide bonds. The Kier molecular flexibility index (Phi) is 32.5. The Bertz CT molecular complexity index is 2890. The van der Waals surface area contributed by atoms with Gasteiger partial charge in [-0.15, -0.1) is 0 Å². The predicted molar refractivity (Wildman–Crippen MR) is 337 cm³/mol.